The zero-order chi connectivity index (χ0) is 14.7. The molecule has 0 saturated heterocycles. The van der Waals surface area contributed by atoms with Crippen molar-refractivity contribution < 1.29 is 14.8 Å². The first-order valence-electron chi connectivity index (χ1n) is 6.60. The van der Waals surface area contributed by atoms with E-state index in [2.05, 4.69) is 0 Å². The molecule has 104 valence electrons. The Labute approximate surface area is 117 Å². The Morgan fingerprint density at radius 3 is 2.45 bits per heavy atom. The fourth-order valence-electron chi connectivity index (χ4n) is 2.45. The quantitative estimate of drug-likeness (QED) is 0.515. The summed E-state index contributed by atoms with van der Waals surface area (Å²) in [7, 11) is 0. The van der Waals surface area contributed by atoms with Crippen LogP contribution in [-0.2, 0) is 6.42 Å². The van der Waals surface area contributed by atoms with Crippen molar-refractivity contribution in [1.82, 2.24) is 4.73 Å². The highest BCUT2D eigenvalue weighted by Gasteiger charge is 2.25. The normalized spacial score (nSPS) is 10.5. The van der Waals surface area contributed by atoms with E-state index in [1.807, 2.05) is 37.3 Å². The number of hydrogen-bond acceptors (Lipinski definition) is 3. The van der Waals surface area contributed by atoms with Crippen LogP contribution in [0.15, 0.2) is 30.3 Å². The molecule has 0 atom stereocenters. The Bertz CT molecular complexity index is 641. The summed E-state index contributed by atoms with van der Waals surface area (Å²) < 4.78 is 0.873. The number of aldehydes is 1. The molecule has 0 amide bonds. The summed E-state index contributed by atoms with van der Waals surface area (Å²) in [4.78, 5) is 23.3. The van der Waals surface area contributed by atoms with E-state index in [1.54, 1.807) is 0 Å². The minimum Gasteiger partial charge on any atom is -0.428 e. The molecule has 4 nitrogen and oxygen atoms in total. The molecule has 20 heavy (non-hydrogen) atoms. The van der Waals surface area contributed by atoms with Gasteiger partial charge in [-0.15, -0.1) is 0 Å². The molecule has 4 heteroatoms. The van der Waals surface area contributed by atoms with Crippen LogP contribution in [-0.4, -0.2) is 22.0 Å². The summed E-state index contributed by atoms with van der Waals surface area (Å²) in [6.07, 6.45) is 2.03. The first-order valence-corrected chi connectivity index (χ1v) is 6.60. The summed E-state index contributed by atoms with van der Waals surface area (Å²) in [5, 5.41) is 10.2. The van der Waals surface area contributed by atoms with Gasteiger partial charge in [0.2, 0.25) is 0 Å². The maximum Gasteiger partial charge on any atom is 0.180 e. The first kappa shape index (κ1) is 14.1. The van der Waals surface area contributed by atoms with Crippen LogP contribution >= 0.6 is 0 Å². The van der Waals surface area contributed by atoms with Crippen LogP contribution in [0.2, 0.25) is 0 Å². The lowest BCUT2D eigenvalue weighted by atomic mass is 9.98. The van der Waals surface area contributed by atoms with Gasteiger partial charge < -0.3 is 5.21 Å². The molecule has 0 aliphatic heterocycles. The van der Waals surface area contributed by atoms with Crippen molar-refractivity contribution in [3.63, 3.8) is 0 Å². The third-order valence-electron chi connectivity index (χ3n) is 3.29. The minimum atomic E-state index is -0.267. The van der Waals surface area contributed by atoms with Crippen LogP contribution in [0.3, 0.4) is 0 Å². The van der Waals surface area contributed by atoms with Gasteiger partial charge in [-0.05, 0) is 12.0 Å². The van der Waals surface area contributed by atoms with Gasteiger partial charge in [0, 0.05) is 18.1 Å². The predicted octanol–water partition coefficient (Wildman–Crippen LogP) is 3.36. The van der Waals surface area contributed by atoms with Gasteiger partial charge in [-0.2, -0.15) is 4.73 Å². The maximum absolute atomic E-state index is 11.8. The summed E-state index contributed by atoms with van der Waals surface area (Å²) in [5.41, 5.74) is 2.32. The molecular weight excluding hydrogens is 254 g/mol. The molecule has 2 rings (SSSR count). The molecule has 1 aromatic heterocycles. The van der Waals surface area contributed by atoms with Crippen molar-refractivity contribution in [1.29, 1.82) is 0 Å². The monoisotopic (exact) mass is 271 g/mol. The number of benzene rings is 1. The topological polar surface area (TPSA) is 59.3 Å². The maximum atomic E-state index is 11.8. The van der Waals surface area contributed by atoms with E-state index in [4.69, 9.17) is 0 Å². The largest absolute Gasteiger partial charge is 0.428 e. The number of hydrogen-bond donors (Lipinski definition) is 1. The zero-order valence-electron chi connectivity index (χ0n) is 11.6. The van der Waals surface area contributed by atoms with Crippen LogP contribution in [0.25, 0.3) is 11.1 Å². The lowest BCUT2D eigenvalue weighted by Crippen LogP contribution is -2.07. The van der Waals surface area contributed by atoms with Crippen molar-refractivity contribution in [2.24, 2.45) is 0 Å². The number of rotatable bonds is 5. The fourth-order valence-corrected chi connectivity index (χ4v) is 2.45. The second-order valence-corrected chi connectivity index (χ2v) is 4.69. The van der Waals surface area contributed by atoms with Gasteiger partial charge in [0.15, 0.2) is 12.1 Å². The first-order chi connectivity index (χ1) is 9.61. The van der Waals surface area contributed by atoms with Crippen LogP contribution < -0.4 is 0 Å². The Morgan fingerprint density at radius 2 is 1.95 bits per heavy atom. The van der Waals surface area contributed by atoms with Gasteiger partial charge in [-0.3, -0.25) is 9.59 Å². The second-order valence-electron chi connectivity index (χ2n) is 4.69. The molecule has 0 saturated carbocycles. The molecule has 0 fully saturated rings. The standard InChI is InChI=1S/C16H17NO3/c1-3-7-14-13(10-18)15(12-8-5-4-6-9-12)16(11(2)19)17(14)20/h4-6,8-10,20H,3,7H2,1-2H3. The van der Waals surface area contributed by atoms with E-state index in [-0.39, 0.29) is 11.5 Å². The third kappa shape index (κ3) is 2.25. The summed E-state index contributed by atoms with van der Waals surface area (Å²) in [5.74, 6) is -0.267. The Balaban J connectivity index is 2.80. The number of ketones is 1. The molecule has 0 bridgehead atoms. The average Bonchev–Trinajstić information content (AvgIpc) is 2.73. The minimum absolute atomic E-state index is 0.168. The Kier molecular flexibility index (Phi) is 4.03. The summed E-state index contributed by atoms with van der Waals surface area (Å²) in [6.45, 7) is 3.34. The SMILES string of the molecule is CCCc1c(C=O)c(-c2ccccc2)c(C(C)=O)n1O. The molecule has 0 radical (unpaired) electrons. The average molecular weight is 271 g/mol. The lowest BCUT2D eigenvalue weighted by Gasteiger charge is -2.04. The molecule has 1 heterocycles. The van der Waals surface area contributed by atoms with Gasteiger partial charge in [0.25, 0.3) is 0 Å². The predicted molar refractivity (Wildman–Crippen MR) is 76.4 cm³/mol. The Hall–Kier alpha value is -2.36. The molecule has 0 unspecified atom stereocenters. The molecule has 0 aliphatic carbocycles. The van der Waals surface area contributed by atoms with Crippen molar-refractivity contribution in [2.45, 2.75) is 26.7 Å². The number of Topliss-reactive ketones (excluding diaryl/α,β-unsaturated/α-hetero) is 1. The highest BCUT2D eigenvalue weighted by atomic mass is 16.5. The molecule has 0 aliphatic rings. The molecule has 0 spiro atoms. The molecule has 1 aromatic carbocycles. The van der Waals surface area contributed by atoms with Crippen molar-refractivity contribution in [3.8, 4) is 11.1 Å². The smallest absolute Gasteiger partial charge is 0.180 e. The van der Waals surface area contributed by atoms with Gasteiger partial charge in [-0.1, -0.05) is 43.7 Å². The van der Waals surface area contributed by atoms with E-state index < -0.39 is 0 Å². The third-order valence-corrected chi connectivity index (χ3v) is 3.29. The number of carbonyl (C=O) groups excluding carboxylic acids is 2. The fraction of sp³-hybridized carbons (Fsp3) is 0.250. The van der Waals surface area contributed by atoms with E-state index >= 15 is 0 Å². The Morgan fingerprint density at radius 1 is 1.30 bits per heavy atom. The summed E-state index contributed by atoms with van der Waals surface area (Å²) >= 11 is 0. The highest BCUT2D eigenvalue weighted by Crippen LogP contribution is 2.32. The lowest BCUT2D eigenvalue weighted by molar-refractivity contribution is 0.0957. The van der Waals surface area contributed by atoms with Crippen molar-refractivity contribution >= 4 is 12.1 Å². The molecular formula is C16H17NO3. The number of nitrogens with zero attached hydrogens (tertiary/aromatic N) is 1. The van der Waals surface area contributed by atoms with Gasteiger partial charge in [0.1, 0.15) is 5.69 Å². The van der Waals surface area contributed by atoms with Crippen LogP contribution in [0.4, 0.5) is 0 Å². The van der Waals surface area contributed by atoms with E-state index in [1.165, 1.54) is 6.92 Å². The second kappa shape index (κ2) is 5.74. The zero-order valence-corrected chi connectivity index (χ0v) is 11.6. The van der Waals surface area contributed by atoms with Gasteiger partial charge in [-0.25, -0.2) is 0 Å². The van der Waals surface area contributed by atoms with Crippen LogP contribution in [0.1, 0.15) is 46.8 Å². The number of aromatic nitrogens is 1. The van der Waals surface area contributed by atoms with E-state index in [0.717, 1.165) is 16.7 Å². The summed E-state index contributed by atoms with van der Waals surface area (Å²) in [6, 6.07) is 9.18. The van der Waals surface area contributed by atoms with Crippen LogP contribution in [0.5, 0.6) is 0 Å². The van der Waals surface area contributed by atoms with E-state index in [9.17, 15) is 14.8 Å². The van der Waals surface area contributed by atoms with Crippen molar-refractivity contribution in [3.05, 3.63) is 47.3 Å². The van der Waals surface area contributed by atoms with Crippen molar-refractivity contribution in [2.75, 3.05) is 0 Å². The van der Waals surface area contributed by atoms with E-state index in [0.29, 0.717) is 29.5 Å². The van der Waals surface area contributed by atoms with Gasteiger partial charge >= 0.3 is 0 Å². The van der Waals surface area contributed by atoms with Crippen LogP contribution in [0, 0.1) is 0 Å². The number of carbonyl (C=O) groups is 2. The molecule has 2 aromatic rings. The highest BCUT2D eigenvalue weighted by molar-refractivity contribution is 6.05. The molecule has 1 N–H and O–H groups in total. The van der Waals surface area contributed by atoms with Gasteiger partial charge in [0.05, 0.1) is 5.69 Å².